The van der Waals surface area contributed by atoms with Crippen LogP contribution >= 0.6 is 23.2 Å². The van der Waals surface area contributed by atoms with Crippen molar-refractivity contribution < 1.29 is 0 Å². The molecular weight excluding hydrogens is 251 g/mol. The second-order valence-corrected chi connectivity index (χ2v) is 4.88. The van der Waals surface area contributed by atoms with Crippen molar-refractivity contribution in [3.05, 3.63) is 69.7 Å². The Morgan fingerprint density at radius 1 is 1.00 bits per heavy atom. The molecule has 1 unspecified atom stereocenters. The van der Waals surface area contributed by atoms with Crippen LogP contribution in [0.1, 0.15) is 30.4 Å². The normalized spacial score (nSPS) is 12.4. The summed E-state index contributed by atoms with van der Waals surface area (Å²) in [5.74, 6) is 0.334. The van der Waals surface area contributed by atoms with Crippen molar-refractivity contribution in [2.24, 2.45) is 0 Å². The van der Waals surface area contributed by atoms with E-state index < -0.39 is 0 Å². The molecule has 0 aliphatic heterocycles. The fraction of sp³-hybridized carbons (Fsp3) is 0.200. The summed E-state index contributed by atoms with van der Waals surface area (Å²) >= 11 is 12.2. The summed E-state index contributed by atoms with van der Waals surface area (Å²) in [6, 6.07) is 16.1. The molecule has 0 amide bonds. The Hall–Kier alpha value is -0.980. The fourth-order valence-electron chi connectivity index (χ4n) is 2.10. The molecule has 2 heteroatoms. The van der Waals surface area contributed by atoms with Crippen molar-refractivity contribution in [2.75, 3.05) is 0 Å². The molecule has 2 aromatic rings. The first kappa shape index (κ1) is 12.5. The fourth-order valence-corrected chi connectivity index (χ4v) is 2.64. The first-order valence-electron chi connectivity index (χ1n) is 5.72. The minimum absolute atomic E-state index is 0.334. The highest BCUT2D eigenvalue weighted by Crippen LogP contribution is 2.33. The van der Waals surface area contributed by atoms with Gasteiger partial charge < -0.3 is 0 Å². The molecule has 2 rings (SSSR count). The Balaban J connectivity index is 2.42. The van der Waals surface area contributed by atoms with Crippen LogP contribution < -0.4 is 0 Å². The molecule has 88 valence electrons. The summed E-state index contributed by atoms with van der Waals surface area (Å²) in [5.41, 5.74) is 2.43. The Morgan fingerprint density at radius 3 is 2.29 bits per heavy atom. The molecule has 2 aromatic carbocycles. The van der Waals surface area contributed by atoms with Crippen LogP contribution in [0.4, 0.5) is 0 Å². The highest BCUT2D eigenvalue weighted by molar-refractivity contribution is 6.35. The molecule has 0 aliphatic rings. The van der Waals surface area contributed by atoms with Gasteiger partial charge in [0.05, 0.1) is 0 Å². The highest BCUT2D eigenvalue weighted by Gasteiger charge is 2.14. The molecule has 0 heterocycles. The van der Waals surface area contributed by atoms with Crippen LogP contribution in [0.3, 0.4) is 0 Å². The zero-order chi connectivity index (χ0) is 12.3. The topological polar surface area (TPSA) is 0 Å². The molecule has 0 aromatic heterocycles. The standard InChI is InChI=1S/C15H14Cl2/c1-2-13(11-6-4-3-5-7-11)14-9-8-12(16)10-15(14)17/h3-10,13H,2H2,1H3. The summed E-state index contributed by atoms with van der Waals surface area (Å²) in [7, 11) is 0. The monoisotopic (exact) mass is 264 g/mol. The van der Waals surface area contributed by atoms with Gasteiger partial charge in [-0.1, -0.05) is 66.5 Å². The predicted molar refractivity (Wildman–Crippen MR) is 75.0 cm³/mol. The van der Waals surface area contributed by atoms with Gasteiger partial charge in [0.25, 0.3) is 0 Å². The predicted octanol–water partition coefficient (Wildman–Crippen LogP) is 5.54. The minimum Gasteiger partial charge on any atom is -0.0843 e. The van der Waals surface area contributed by atoms with Crippen LogP contribution in [-0.2, 0) is 0 Å². The lowest BCUT2D eigenvalue weighted by molar-refractivity contribution is 0.777. The third-order valence-electron chi connectivity index (χ3n) is 2.95. The lowest BCUT2D eigenvalue weighted by Gasteiger charge is -2.17. The zero-order valence-electron chi connectivity index (χ0n) is 9.66. The molecule has 0 saturated carbocycles. The summed E-state index contributed by atoms with van der Waals surface area (Å²) in [6.07, 6.45) is 1.02. The van der Waals surface area contributed by atoms with Gasteiger partial charge in [-0.15, -0.1) is 0 Å². The number of hydrogen-bond donors (Lipinski definition) is 0. The Labute approximate surface area is 112 Å². The van der Waals surface area contributed by atoms with E-state index >= 15 is 0 Å². The first-order valence-corrected chi connectivity index (χ1v) is 6.48. The zero-order valence-corrected chi connectivity index (χ0v) is 11.2. The minimum atomic E-state index is 0.334. The molecule has 0 radical (unpaired) electrons. The average Bonchev–Trinajstić information content (AvgIpc) is 2.34. The summed E-state index contributed by atoms with van der Waals surface area (Å²) in [4.78, 5) is 0. The number of rotatable bonds is 3. The lowest BCUT2D eigenvalue weighted by atomic mass is 9.89. The van der Waals surface area contributed by atoms with Crippen molar-refractivity contribution in [3.63, 3.8) is 0 Å². The molecule has 0 N–H and O–H groups in total. The molecule has 0 bridgehead atoms. The van der Waals surface area contributed by atoms with E-state index in [9.17, 15) is 0 Å². The first-order chi connectivity index (χ1) is 8.22. The second-order valence-electron chi connectivity index (χ2n) is 4.04. The van der Waals surface area contributed by atoms with Crippen LogP contribution in [0.15, 0.2) is 48.5 Å². The van der Waals surface area contributed by atoms with E-state index in [1.54, 1.807) is 0 Å². The molecule has 1 atom stereocenters. The summed E-state index contributed by atoms with van der Waals surface area (Å²) < 4.78 is 0. The number of halogens is 2. The van der Waals surface area contributed by atoms with Crippen molar-refractivity contribution in [2.45, 2.75) is 19.3 Å². The van der Waals surface area contributed by atoms with Crippen molar-refractivity contribution in [3.8, 4) is 0 Å². The van der Waals surface area contributed by atoms with Gasteiger partial charge in [-0.2, -0.15) is 0 Å². The third-order valence-corrected chi connectivity index (χ3v) is 3.51. The van der Waals surface area contributed by atoms with E-state index in [0.717, 1.165) is 17.0 Å². The Kier molecular flexibility index (Phi) is 4.09. The van der Waals surface area contributed by atoms with Crippen LogP contribution in [0.2, 0.25) is 10.0 Å². The van der Waals surface area contributed by atoms with Crippen molar-refractivity contribution in [1.29, 1.82) is 0 Å². The molecule has 0 aliphatic carbocycles. The van der Waals surface area contributed by atoms with E-state index in [0.29, 0.717) is 10.9 Å². The van der Waals surface area contributed by atoms with Gasteiger partial charge in [-0.05, 0) is 29.7 Å². The smallest absolute Gasteiger partial charge is 0.0459 e. The van der Waals surface area contributed by atoms with Crippen LogP contribution in [0.25, 0.3) is 0 Å². The van der Waals surface area contributed by atoms with Crippen molar-refractivity contribution in [1.82, 2.24) is 0 Å². The Bertz CT molecular complexity index is 492. The second kappa shape index (κ2) is 5.57. The van der Waals surface area contributed by atoms with E-state index in [2.05, 4.69) is 31.2 Å². The van der Waals surface area contributed by atoms with E-state index in [1.165, 1.54) is 5.56 Å². The SMILES string of the molecule is CCC(c1ccccc1)c1ccc(Cl)cc1Cl. The quantitative estimate of drug-likeness (QED) is 0.683. The molecule has 0 spiro atoms. The van der Waals surface area contributed by atoms with Gasteiger partial charge in [0.1, 0.15) is 0 Å². The largest absolute Gasteiger partial charge is 0.0843 e. The van der Waals surface area contributed by atoms with E-state index in [4.69, 9.17) is 23.2 Å². The average molecular weight is 265 g/mol. The maximum absolute atomic E-state index is 6.27. The molecular formula is C15H14Cl2. The van der Waals surface area contributed by atoms with Gasteiger partial charge in [-0.3, -0.25) is 0 Å². The van der Waals surface area contributed by atoms with Crippen molar-refractivity contribution >= 4 is 23.2 Å². The van der Waals surface area contributed by atoms with Gasteiger partial charge in [0.2, 0.25) is 0 Å². The third kappa shape index (κ3) is 2.83. The molecule has 0 saturated heterocycles. The lowest BCUT2D eigenvalue weighted by Crippen LogP contribution is -2.00. The van der Waals surface area contributed by atoms with Gasteiger partial charge in [0.15, 0.2) is 0 Å². The van der Waals surface area contributed by atoms with Gasteiger partial charge >= 0.3 is 0 Å². The van der Waals surface area contributed by atoms with Crippen LogP contribution in [-0.4, -0.2) is 0 Å². The van der Waals surface area contributed by atoms with E-state index in [-0.39, 0.29) is 0 Å². The maximum Gasteiger partial charge on any atom is 0.0459 e. The number of hydrogen-bond acceptors (Lipinski definition) is 0. The number of benzene rings is 2. The van der Waals surface area contributed by atoms with E-state index in [1.807, 2.05) is 24.3 Å². The molecule has 0 nitrogen and oxygen atoms in total. The van der Waals surface area contributed by atoms with Gasteiger partial charge in [-0.25, -0.2) is 0 Å². The summed E-state index contributed by atoms with van der Waals surface area (Å²) in [5, 5.41) is 1.43. The Morgan fingerprint density at radius 2 is 1.71 bits per heavy atom. The molecule has 17 heavy (non-hydrogen) atoms. The molecule has 0 fully saturated rings. The highest BCUT2D eigenvalue weighted by atomic mass is 35.5. The van der Waals surface area contributed by atoms with Crippen LogP contribution in [0, 0.1) is 0 Å². The van der Waals surface area contributed by atoms with Crippen LogP contribution in [0.5, 0.6) is 0 Å². The van der Waals surface area contributed by atoms with Gasteiger partial charge in [0, 0.05) is 16.0 Å². The maximum atomic E-state index is 6.27. The summed E-state index contributed by atoms with van der Waals surface area (Å²) in [6.45, 7) is 2.17.